The molecule has 0 saturated carbocycles. The molecule has 1 amide bonds. The summed E-state index contributed by atoms with van der Waals surface area (Å²) in [5.41, 5.74) is 0. The van der Waals surface area contributed by atoms with Crippen molar-refractivity contribution >= 4 is 32.3 Å². The number of halogens is 1. The summed E-state index contributed by atoms with van der Waals surface area (Å²) in [6.07, 6.45) is 1.14. The molecule has 4 nitrogen and oxygen atoms in total. The average molecular weight is 182 g/mol. The fourth-order valence-electron chi connectivity index (χ4n) is 0.241. The normalized spacial score (nSPS) is 7.70. The van der Waals surface area contributed by atoms with Crippen LogP contribution in [0.2, 0.25) is 0 Å². The van der Waals surface area contributed by atoms with E-state index in [0.717, 1.165) is 6.08 Å². The second-order valence-corrected chi connectivity index (χ2v) is 2.26. The Morgan fingerprint density at radius 1 is 1.70 bits per heavy atom. The maximum Gasteiger partial charge on any atom is 0.314 e. The third-order valence-corrected chi connectivity index (χ3v) is 1.02. The van der Waals surface area contributed by atoms with Gasteiger partial charge in [0.25, 0.3) is 10.3 Å². The molecule has 10 heavy (non-hydrogen) atoms. The Hall–Kier alpha value is -0.770. The number of hydrogen-bond donors (Lipinski definition) is 1. The Labute approximate surface area is 64.0 Å². The van der Waals surface area contributed by atoms with Crippen molar-refractivity contribution in [3.05, 3.63) is 6.08 Å². The molecule has 0 aromatic rings. The van der Waals surface area contributed by atoms with Gasteiger partial charge in [0.2, 0.25) is 0 Å². The first-order chi connectivity index (χ1) is 4.63. The second-order valence-electron chi connectivity index (χ2n) is 1.21. The molecule has 56 valence electrons. The number of nitrogens with one attached hydrogen (secondary N) is 1. The largest absolute Gasteiger partial charge is 0.338 e. The molecule has 0 rings (SSSR count). The molecule has 6 heteroatoms. The Balaban J connectivity index is 3.78. The van der Waals surface area contributed by atoms with Crippen molar-refractivity contribution in [1.29, 1.82) is 0 Å². The topological polar surface area (TPSA) is 63.2 Å². The standard InChI is InChI=1S/C4H4ClNO3S/c5-4(7)6-2-1-3-10(8)9/h1H,2H2,(H,6,7). The zero-order chi connectivity index (χ0) is 7.98. The van der Waals surface area contributed by atoms with Gasteiger partial charge < -0.3 is 5.32 Å². The van der Waals surface area contributed by atoms with Gasteiger partial charge in [0, 0.05) is 11.6 Å². The van der Waals surface area contributed by atoms with Crippen molar-refractivity contribution in [2.24, 2.45) is 0 Å². The van der Waals surface area contributed by atoms with Crippen molar-refractivity contribution in [1.82, 2.24) is 5.32 Å². The van der Waals surface area contributed by atoms with Crippen molar-refractivity contribution in [2.45, 2.75) is 0 Å². The van der Waals surface area contributed by atoms with Gasteiger partial charge in [-0.2, -0.15) is 8.42 Å². The SMILES string of the molecule is O=C(Cl)NCC=C=S(=O)=O. The van der Waals surface area contributed by atoms with Gasteiger partial charge in [-0.15, -0.1) is 0 Å². The van der Waals surface area contributed by atoms with Gasteiger partial charge in [0.15, 0.2) is 0 Å². The zero-order valence-corrected chi connectivity index (χ0v) is 6.37. The lowest BCUT2D eigenvalue weighted by atomic mass is 10.6. The first-order valence-electron chi connectivity index (χ1n) is 2.23. The fourth-order valence-corrected chi connectivity index (χ4v) is 0.538. The molecule has 0 aliphatic carbocycles. The maximum absolute atomic E-state index is 9.94. The Morgan fingerprint density at radius 2 is 2.30 bits per heavy atom. The van der Waals surface area contributed by atoms with E-state index in [2.05, 4.69) is 5.32 Å². The molecular formula is C4H4ClNO3S. The van der Waals surface area contributed by atoms with Crippen LogP contribution in [-0.4, -0.2) is 25.4 Å². The number of carbonyl (C=O) groups is 1. The highest BCUT2D eigenvalue weighted by Gasteiger charge is 1.85. The van der Waals surface area contributed by atoms with Crippen LogP contribution in [0, 0.1) is 0 Å². The lowest BCUT2D eigenvalue weighted by Crippen LogP contribution is -2.15. The van der Waals surface area contributed by atoms with E-state index in [-0.39, 0.29) is 6.54 Å². The lowest BCUT2D eigenvalue weighted by molar-refractivity contribution is 0.260. The number of amides is 1. The first kappa shape index (κ1) is 9.23. The van der Waals surface area contributed by atoms with Crippen molar-refractivity contribution < 1.29 is 13.2 Å². The van der Waals surface area contributed by atoms with Gasteiger partial charge in [-0.05, 0) is 17.7 Å². The number of carbonyl (C=O) groups excluding carboxylic acids is 1. The smallest absolute Gasteiger partial charge is 0.314 e. The second kappa shape index (κ2) is 5.05. The Kier molecular flexibility index (Phi) is 4.66. The van der Waals surface area contributed by atoms with Crippen LogP contribution in [-0.2, 0) is 10.3 Å². The molecule has 0 atom stereocenters. The first-order valence-corrected chi connectivity index (χ1v) is 3.68. The molecule has 0 aromatic carbocycles. The van der Waals surface area contributed by atoms with E-state index in [9.17, 15) is 13.2 Å². The molecule has 0 bridgehead atoms. The molecule has 1 N–H and O–H groups in total. The van der Waals surface area contributed by atoms with Crippen LogP contribution in [0.3, 0.4) is 0 Å². The molecule has 0 fully saturated rings. The molecular weight excluding hydrogens is 178 g/mol. The summed E-state index contributed by atoms with van der Waals surface area (Å²) >= 11 is 4.84. The lowest BCUT2D eigenvalue weighted by Gasteiger charge is -1.87. The van der Waals surface area contributed by atoms with Gasteiger partial charge >= 0.3 is 5.37 Å². The summed E-state index contributed by atoms with van der Waals surface area (Å²) in [6, 6.07) is 0. The van der Waals surface area contributed by atoms with Crippen LogP contribution >= 0.6 is 11.6 Å². The summed E-state index contributed by atoms with van der Waals surface area (Å²) in [7, 11) is -2.33. The van der Waals surface area contributed by atoms with Crippen LogP contribution in [0.5, 0.6) is 0 Å². The monoisotopic (exact) mass is 181 g/mol. The molecule has 0 aliphatic rings. The van der Waals surface area contributed by atoms with Crippen LogP contribution in [0.1, 0.15) is 0 Å². The Bertz CT molecular complexity index is 267. The van der Waals surface area contributed by atoms with Crippen molar-refractivity contribution in [2.75, 3.05) is 6.54 Å². The zero-order valence-electron chi connectivity index (χ0n) is 4.80. The van der Waals surface area contributed by atoms with Gasteiger partial charge in [-0.25, -0.2) is 0 Å². The molecule has 0 aromatic heterocycles. The molecule has 0 spiro atoms. The fraction of sp³-hybridized carbons (Fsp3) is 0.250. The highest BCUT2D eigenvalue weighted by Crippen LogP contribution is 1.73. The van der Waals surface area contributed by atoms with Crippen molar-refractivity contribution in [3.63, 3.8) is 0 Å². The summed E-state index contributed by atoms with van der Waals surface area (Å²) in [6.45, 7) is 0.0658. The van der Waals surface area contributed by atoms with Crippen LogP contribution in [0.15, 0.2) is 6.08 Å². The van der Waals surface area contributed by atoms with Gasteiger partial charge in [0.05, 0.1) is 0 Å². The summed E-state index contributed by atoms with van der Waals surface area (Å²) in [5.74, 6) is 0. The molecule has 0 radical (unpaired) electrons. The highest BCUT2D eigenvalue weighted by molar-refractivity contribution is 7.70. The summed E-state index contributed by atoms with van der Waals surface area (Å²) < 4.78 is 19.5. The summed E-state index contributed by atoms with van der Waals surface area (Å²) in [4.78, 5) is 9.94. The minimum atomic E-state index is -2.33. The third-order valence-electron chi connectivity index (χ3n) is 0.523. The van der Waals surface area contributed by atoms with E-state index >= 15 is 0 Å². The quantitative estimate of drug-likeness (QED) is 0.364. The van der Waals surface area contributed by atoms with E-state index in [1.54, 1.807) is 0 Å². The van der Waals surface area contributed by atoms with E-state index in [1.165, 1.54) is 0 Å². The van der Waals surface area contributed by atoms with Crippen LogP contribution in [0.4, 0.5) is 4.79 Å². The maximum atomic E-state index is 9.94. The average Bonchev–Trinajstić information content (AvgIpc) is 1.79. The van der Waals surface area contributed by atoms with Gasteiger partial charge in [-0.1, -0.05) is 0 Å². The van der Waals surface area contributed by atoms with Crippen molar-refractivity contribution in [3.8, 4) is 0 Å². The molecule has 0 unspecified atom stereocenters. The van der Waals surface area contributed by atoms with E-state index in [0.29, 0.717) is 0 Å². The predicted molar refractivity (Wildman–Crippen MR) is 37.7 cm³/mol. The minimum absolute atomic E-state index is 0.0658. The molecule has 0 heterocycles. The number of rotatable bonds is 2. The van der Waals surface area contributed by atoms with Crippen LogP contribution < -0.4 is 5.32 Å². The van der Waals surface area contributed by atoms with Crippen LogP contribution in [0.25, 0.3) is 0 Å². The highest BCUT2D eigenvalue weighted by atomic mass is 35.5. The van der Waals surface area contributed by atoms with Gasteiger partial charge in [0.1, 0.15) is 0 Å². The van der Waals surface area contributed by atoms with E-state index in [1.807, 2.05) is 5.02 Å². The predicted octanol–water partition coefficient (Wildman–Crippen LogP) is -0.229. The Morgan fingerprint density at radius 3 is 2.70 bits per heavy atom. The number of hydrogen-bond acceptors (Lipinski definition) is 3. The molecule has 0 saturated heterocycles. The summed E-state index contributed by atoms with van der Waals surface area (Å²) in [5, 5.41) is 3.33. The van der Waals surface area contributed by atoms with E-state index < -0.39 is 15.7 Å². The van der Waals surface area contributed by atoms with Gasteiger partial charge in [-0.3, -0.25) is 4.79 Å². The molecule has 0 aliphatic heterocycles. The third kappa shape index (κ3) is 7.23. The minimum Gasteiger partial charge on any atom is -0.338 e. The van der Waals surface area contributed by atoms with E-state index in [4.69, 9.17) is 11.6 Å².